The molecule has 1 atom stereocenters. The van der Waals surface area contributed by atoms with Gasteiger partial charge in [0.25, 0.3) is 0 Å². The molecule has 1 aliphatic rings. The van der Waals surface area contributed by atoms with Crippen LogP contribution < -0.4 is 0 Å². The van der Waals surface area contributed by atoms with Crippen LogP contribution in [-0.4, -0.2) is 23.5 Å². The molecule has 0 bridgehead atoms. The average Bonchev–Trinajstić information content (AvgIpc) is 2.31. The third-order valence-corrected chi connectivity index (χ3v) is 4.16. The Labute approximate surface area is 116 Å². The van der Waals surface area contributed by atoms with Crippen LogP contribution in [0.5, 0.6) is 0 Å². The van der Waals surface area contributed by atoms with Crippen molar-refractivity contribution in [3.8, 4) is 0 Å². The lowest BCUT2D eigenvalue weighted by Gasteiger charge is -2.41. The summed E-state index contributed by atoms with van der Waals surface area (Å²) in [5.41, 5.74) is 1.72. The number of hydrogen-bond acceptors (Lipinski definition) is 1. The second-order valence-corrected chi connectivity index (χ2v) is 6.89. The van der Waals surface area contributed by atoms with Crippen molar-refractivity contribution in [2.45, 2.75) is 45.6 Å². The van der Waals surface area contributed by atoms with E-state index in [2.05, 4.69) is 37.8 Å². The molecule has 2 heteroatoms. The molecule has 1 saturated heterocycles. The van der Waals surface area contributed by atoms with E-state index in [1.807, 2.05) is 12.1 Å². The Morgan fingerprint density at radius 2 is 1.89 bits per heavy atom. The first kappa shape index (κ1) is 13.9. The van der Waals surface area contributed by atoms with Crippen LogP contribution >= 0.6 is 11.6 Å². The molecule has 0 saturated carbocycles. The van der Waals surface area contributed by atoms with E-state index in [0.29, 0.717) is 5.54 Å². The highest BCUT2D eigenvalue weighted by atomic mass is 35.5. The van der Waals surface area contributed by atoms with Crippen molar-refractivity contribution in [3.63, 3.8) is 0 Å². The molecule has 1 unspecified atom stereocenters. The number of nitrogens with zero attached hydrogens (tertiary/aromatic N) is 1. The lowest BCUT2D eigenvalue weighted by Crippen LogP contribution is -2.47. The van der Waals surface area contributed by atoms with Crippen LogP contribution in [0.2, 0.25) is 5.02 Å². The third-order valence-electron chi connectivity index (χ3n) is 3.91. The van der Waals surface area contributed by atoms with Crippen LogP contribution in [0.3, 0.4) is 0 Å². The van der Waals surface area contributed by atoms with Crippen molar-refractivity contribution < 1.29 is 0 Å². The molecule has 0 N–H and O–H groups in total. The summed E-state index contributed by atoms with van der Waals surface area (Å²) in [5, 5.41) is 0.832. The molecule has 0 spiro atoms. The Kier molecular flexibility index (Phi) is 4.34. The van der Waals surface area contributed by atoms with Crippen LogP contribution in [0.15, 0.2) is 24.3 Å². The first-order valence-corrected chi connectivity index (χ1v) is 7.32. The first-order valence-electron chi connectivity index (χ1n) is 6.94. The van der Waals surface area contributed by atoms with Crippen molar-refractivity contribution in [2.75, 3.05) is 13.1 Å². The van der Waals surface area contributed by atoms with E-state index in [4.69, 9.17) is 11.6 Å². The van der Waals surface area contributed by atoms with Crippen molar-refractivity contribution >= 4 is 11.6 Å². The fourth-order valence-electron chi connectivity index (χ4n) is 2.79. The minimum atomic E-state index is 0.304. The summed E-state index contributed by atoms with van der Waals surface area (Å²) in [4.78, 5) is 2.62. The minimum absolute atomic E-state index is 0.304. The molecular formula is C16H24ClN. The molecular weight excluding hydrogens is 242 g/mol. The molecule has 1 aromatic carbocycles. The normalized spacial score (nSPS) is 22.1. The first-order chi connectivity index (χ1) is 8.45. The number of benzene rings is 1. The van der Waals surface area contributed by atoms with Crippen LogP contribution in [0.1, 0.15) is 39.2 Å². The van der Waals surface area contributed by atoms with Crippen molar-refractivity contribution in [3.05, 3.63) is 34.9 Å². The second-order valence-electron chi connectivity index (χ2n) is 6.46. The maximum Gasteiger partial charge on any atom is 0.0406 e. The van der Waals surface area contributed by atoms with Gasteiger partial charge >= 0.3 is 0 Å². The van der Waals surface area contributed by atoms with Gasteiger partial charge in [-0.15, -0.1) is 0 Å². The second kappa shape index (κ2) is 5.63. The Bertz CT molecular complexity index is 377. The molecule has 1 aliphatic heterocycles. The zero-order chi connectivity index (χ0) is 13.2. The monoisotopic (exact) mass is 265 g/mol. The van der Waals surface area contributed by atoms with E-state index in [1.54, 1.807) is 0 Å². The summed E-state index contributed by atoms with van der Waals surface area (Å²) >= 11 is 5.93. The predicted molar refractivity (Wildman–Crippen MR) is 79.2 cm³/mol. The number of rotatable bonds is 2. The Morgan fingerprint density at radius 3 is 2.50 bits per heavy atom. The SMILES string of the molecule is CC(C)(C)N1CCCC(Cc2ccc(Cl)cc2)C1. The fourth-order valence-corrected chi connectivity index (χ4v) is 2.92. The maximum absolute atomic E-state index is 5.93. The van der Waals surface area contributed by atoms with Crippen LogP contribution in [0.25, 0.3) is 0 Å². The zero-order valence-electron chi connectivity index (χ0n) is 11.7. The van der Waals surface area contributed by atoms with Crippen LogP contribution in [0.4, 0.5) is 0 Å². The molecule has 1 heterocycles. The highest BCUT2D eigenvalue weighted by molar-refractivity contribution is 6.30. The summed E-state index contributed by atoms with van der Waals surface area (Å²) in [5.74, 6) is 0.791. The third kappa shape index (κ3) is 3.73. The van der Waals surface area contributed by atoms with E-state index in [9.17, 15) is 0 Å². The van der Waals surface area contributed by atoms with E-state index in [1.165, 1.54) is 37.9 Å². The molecule has 0 radical (unpaired) electrons. The van der Waals surface area contributed by atoms with E-state index >= 15 is 0 Å². The van der Waals surface area contributed by atoms with Crippen molar-refractivity contribution in [2.24, 2.45) is 5.92 Å². The highest BCUT2D eigenvalue weighted by Crippen LogP contribution is 2.26. The summed E-state index contributed by atoms with van der Waals surface area (Å²) in [7, 11) is 0. The van der Waals surface area contributed by atoms with Gasteiger partial charge in [-0.25, -0.2) is 0 Å². The number of hydrogen-bond donors (Lipinski definition) is 0. The standard InChI is InChI=1S/C16H24ClN/c1-16(2,3)18-10-4-5-14(12-18)11-13-6-8-15(17)9-7-13/h6-9,14H,4-5,10-12H2,1-3H3. The van der Waals surface area contributed by atoms with Crippen molar-refractivity contribution in [1.82, 2.24) is 4.90 Å². The Hall–Kier alpha value is -0.530. The largest absolute Gasteiger partial charge is 0.298 e. The zero-order valence-corrected chi connectivity index (χ0v) is 12.5. The fraction of sp³-hybridized carbons (Fsp3) is 0.625. The Balaban J connectivity index is 1.95. The number of likely N-dealkylation sites (tertiary alicyclic amines) is 1. The van der Waals surface area contributed by atoms with E-state index in [-0.39, 0.29) is 0 Å². The van der Waals surface area contributed by atoms with Crippen LogP contribution in [0, 0.1) is 5.92 Å². The smallest absolute Gasteiger partial charge is 0.0406 e. The summed E-state index contributed by atoms with van der Waals surface area (Å²) < 4.78 is 0. The van der Waals surface area contributed by atoms with Gasteiger partial charge < -0.3 is 0 Å². The van der Waals surface area contributed by atoms with Gasteiger partial charge in [0.2, 0.25) is 0 Å². The summed E-state index contributed by atoms with van der Waals surface area (Å²) in [6, 6.07) is 8.33. The van der Waals surface area contributed by atoms with E-state index in [0.717, 1.165) is 10.9 Å². The summed E-state index contributed by atoms with van der Waals surface area (Å²) in [6.45, 7) is 9.43. The molecule has 0 amide bonds. The molecule has 0 aromatic heterocycles. The minimum Gasteiger partial charge on any atom is -0.298 e. The molecule has 1 aromatic rings. The lowest BCUT2D eigenvalue weighted by atomic mass is 9.89. The van der Waals surface area contributed by atoms with Crippen LogP contribution in [-0.2, 0) is 6.42 Å². The van der Waals surface area contributed by atoms with E-state index < -0.39 is 0 Å². The molecule has 1 nitrogen and oxygen atoms in total. The molecule has 2 rings (SSSR count). The van der Waals surface area contributed by atoms with Gasteiger partial charge in [-0.2, -0.15) is 0 Å². The predicted octanol–water partition coefficient (Wildman–Crippen LogP) is 4.39. The highest BCUT2D eigenvalue weighted by Gasteiger charge is 2.27. The van der Waals surface area contributed by atoms with Crippen molar-refractivity contribution in [1.29, 1.82) is 0 Å². The quantitative estimate of drug-likeness (QED) is 0.766. The van der Waals surface area contributed by atoms with Gasteiger partial charge in [0.1, 0.15) is 0 Å². The lowest BCUT2D eigenvalue weighted by molar-refractivity contribution is 0.0790. The number of piperidine rings is 1. The molecule has 100 valence electrons. The topological polar surface area (TPSA) is 3.24 Å². The Morgan fingerprint density at radius 1 is 1.22 bits per heavy atom. The average molecular weight is 266 g/mol. The van der Waals surface area contributed by atoms with Gasteiger partial charge in [-0.05, 0) is 70.2 Å². The summed E-state index contributed by atoms with van der Waals surface area (Å²) in [6.07, 6.45) is 3.87. The molecule has 1 fully saturated rings. The van der Waals surface area contributed by atoms with Gasteiger partial charge in [0.05, 0.1) is 0 Å². The van der Waals surface area contributed by atoms with Gasteiger partial charge in [0, 0.05) is 17.1 Å². The van der Waals surface area contributed by atoms with Gasteiger partial charge in [-0.1, -0.05) is 23.7 Å². The molecule has 0 aliphatic carbocycles. The number of halogens is 1. The maximum atomic E-state index is 5.93. The van der Waals surface area contributed by atoms with Gasteiger partial charge in [0.15, 0.2) is 0 Å². The molecule has 18 heavy (non-hydrogen) atoms. The van der Waals surface area contributed by atoms with Gasteiger partial charge in [-0.3, -0.25) is 4.90 Å².